The van der Waals surface area contributed by atoms with Gasteiger partial charge in [0.25, 0.3) is 0 Å². The molecule has 0 amide bonds. The molecule has 0 bridgehead atoms. The van der Waals surface area contributed by atoms with E-state index in [1.165, 1.54) is 5.56 Å². The predicted molar refractivity (Wildman–Crippen MR) is 42.1 cm³/mol. The quantitative estimate of drug-likeness (QED) is 0.634. The molecule has 1 aromatic carbocycles. The third kappa shape index (κ3) is 2.08. The fourth-order valence-electron chi connectivity index (χ4n) is 0.574. The molecule has 0 heterocycles. The maximum absolute atomic E-state index is 2.92. The van der Waals surface area contributed by atoms with E-state index in [2.05, 4.69) is 43.7 Å². The Labute approximate surface area is 70.8 Å². The second-order valence-electron chi connectivity index (χ2n) is 1.65. The zero-order valence-corrected chi connectivity index (χ0v) is 8.13. The molecule has 0 saturated carbocycles. The van der Waals surface area contributed by atoms with E-state index < -0.39 is 0 Å². The Morgan fingerprint density at radius 2 is 1.67 bits per heavy atom. The van der Waals surface area contributed by atoms with Gasteiger partial charge in [0.2, 0.25) is 0 Å². The van der Waals surface area contributed by atoms with Gasteiger partial charge in [0.05, 0.1) is 0 Å². The molecule has 0 unspecified atom stereocenters. The summed E-state index contributed by atoms with van der Waals surface area (Å²) in [6.45, 7) is 0. The molecule has 0 aromatic heterocycles. The van der Waals surface area contributed by atoms with Gasteiger partial charge in [0.1, 0.15) is 0 Å². The first-order chi connectivity index (χ1) is 4.30. The van der Waals surface area contributed by atoms with E-state index in [9.17, 15) is 0 Å². The van der Waals surface area contributed by atoms with Crippen molar-refractivity contribution >= 4 is 34.9 Å². The molecule has 0 nitrogen and oxygen atoms in total. The summed E-state index contributed by atoms with van der Waals surface area (Å²) in [5, 5.41) is 0. The van der Waals surface area contributed by atoms with Gasteiger partial charge in [-0.3, -0.25) is 0 Å². The summed E-state index contributed by atoms with van der Waals surface area (Å²) in [7, 11) is 0. The molecular weight excluding hydrogens is 242 g/mol. The van der Waals surface area contributed by atoms with Crippen LogP contribution in [0.1, 0.15) is 5.56 Å². The van der Waals surface area contributed by atoms with E-state index in [4.69, 9.17) is 0 Å². The van der Waals surface area contributed by atoms with Crippen molar-refractivity contribution in [3.8, 4) is 0 Å². The standard InChI is InChI=1S/C7H5Se2/c8-7(9)6-4-2-1-3-5-6/h1-5H. The average molecular weight is 247 g/mol. The summed E-state index contributed by atoms with van der Waals surface area (Å²) in [4.78, 5) is 0. The fraction of sp³-hybridized carbons (Fsp3) is 0. The van der Waals surface area contributed by atoms with Crippen molar-refractivity contribution in [2.45, 2.75) is 0 Å². The van der Waals surface area contributed by atoms with Gasteiger partial charge >= 0.3 is 70.8 Å². The molecule has 0 aliphatic rings. The summed E-state index contributed by atoms with van der Waals surface area (Å²) in [6.07, 6.45) is 0. The molecule has 0 atom stereocenters. The molecule has 45 valence electrons. The Hall–Kier alpha value is 0.129. The van der Waals surface area contributed by atoms with Crippen LogP contribution in [0.5, 0.6) is 0 Å². The molecule has 1 rings (SSSR count). The normalized spacial score (nSPS) is 8.89. The van der Waals surface area contributed by atoms with Crippen molar-refractivity contribution in [1.29, 1.82) is 0 Å². The average Bonchev–Trinajstić information content (AvgIpc) is 1.90. The first-order valence-electron chi connectivity index (χ1n) is 2.57. The molecule has 0 N–H and O–H groups in total. The third-order valence-electron chi connectivity index (χ3n) is 1.01. The van der Waals surface area contributed by atoms with Crippen molar-refractivity contribution in [1.82, 2.24) is 0 Å². The van der Waals surface area contributed by atoms with Crippen LogP contribution >= 0.6 is 0 Å². The predicted octanol–water partition coefficient (Wildman–Crippen LogP) is 0.502. The molecule has 0 aliphatic heterocycles. The van der Waals surface area contributed by atoms with Crippen LogP contribution in [0.15, 0.2) is 30.3 Å². The topological polar surface area (TPSA) is 0 Å². The van der Waals surface area contributed by atoms with Gasteiger partial charge in [-0.2, -0.15) is 0 Å². The van der Waals surface area contributed by atoms with E-state index in [1.54, 1.807) is 0 Å². The number of rotatable bonds is 1. The summed E-state index contributed by atoms with van der Waals surface area (Å²) in [6, 6.07) is 10.2. The van der Waals surface area contributed by atoms with Crippen molar-refractivity contribution in [3.05, 3.63) is 35.9 Å². The summed E-state index contributed by atoms with van der Waals surface area (Å²) >= 11 is 5.83. The molecule has 2 heteroatoms. The van der Waals surface area contributed by atoms with E-state index >= 15 is 0 Å². The Morgan fingerprint density at radius 3 is 2.00 bits per heavy atom. The molecular formula is C7H5Se2. The number of benzene rings is 1. The number of hydrogen-bond donors (Lipinski definition) is 0. The zero-order valence-electron chi connectivity index (χ0n) is 4.70. The Morgan fingerprint density at radius 1 is 1.11 bits per heavy atom. The first kappa shape index (κ1) is 7.24. The van der Waals surface area contributed by atoms with Gasteiger partial charge in [0.15, 0.2) is 0 Å². The van der Waals surface area contributed by atoms with Gasteiger partial charge in [0, 0.05) is 0 Å². The van der Waals surface area contributed by atoms with Gasteiger partial charge < -0.3 is 0 Å². The molecule has 1 radical (unpaired) electrons. The zero-order chi connectivity index (χ0) is 6.69. The number of hydrogen-bond acceptors (Lipinski definition) is 0. The molecule has 0 saturated heterocycles. The van der Waals surface area contributed by atoms with Crippen LogP contribution in [0.25, 0.3) is 0 Å². The van der Waals surface area contributed by atoms with E-state index in [1.807, 2.05) is 18.2 Å². The van der Waals surface area contributed by atoms with E-state index in [0.717, 1.165) is 3.32 Å². The van der Waals surface area contributed by atoms with Crippen LogP contribution in [0, 0.1) is 0 Å². The summed E-state index contributed by atoms with van der Waals surface area (Å²) in [5.41, 5.74) is 1.22. The molecule has 0 spiro atoms. The Kier molecular flexibility index (Phi) is 2.68. The van der Waals surface area contributed by atoms with Crippen LogP contribution in [0.3, 0.4) is 0 Å². The minimum atomic E-state index is 1.12. The Bertz CT molecular complexity index is 203. The van der Waals surface area contributed by atoms with Gasteiger partial charge in [-0.15, -0.1) is 0 Å². The first-order valence-corrected chi connectivity index (χ1v) is 4.28. The summed E-state index contributed by atoms with van der Waals surface area (Å²) < 4.78 is 1.12. The monoisotopic (exact) mass is 249 g/mol. The SMILES string of the molecule is [Se]C(=[Se])c1ccccc1. The summed E-state index contributed by atoms with van der Waals surface area (Å²) in [5.74, 6) is 0. The second kappa shape index (κ2) is 3.34. The molecule has 1 aromatic rings. The molecule has 0 fully saturated rings. The van der Waals surface area contributed by atoms with E-state index in [-0.39, 0.29) is 0 Å². The van der Waals surface area contributed by atoms with Crippen LogP contribution < -0.4 is 0 Å². The van der Waals surface area contributed by atoms with Crippen LogP contribution in [0.4, 0.5) is 0 Å². The second-order valence-corrected chi connectivity index (χ2v) is 4.68. The van der Waals surface area contributed by atoms with Crippen LogP contribution in [-0.2, 0) is 0 Å². The Balaban J connectivity index is 2.98. The minimum absolute atomic E-state index is 1.12. The maximum atomic E-state index is 2.92. The van der Waals surface area contributed by atoms with E-state index in [0.29, 0.717) is 0 Å². The third-order valence-corrected chi connectivity index (χ3v) is 2.00. The van der Waals surface area contributed by atoms with Gasteiger partial charge in [-0.05, 0) is 0 Å². The van der Waals surface area contributed by atoms with Crippen LogP contribution in [-0.4, -0.2) is 34.9 Å². The van der Waals surface area contributed by atoms with Gasteiger partial charge in [-0.1, -0.05) is 0 Å². The van der Waals surface area contributed by atoms with Crippen LogP contribution in [0.2, 0.25) is 0 Å². The molecule has 0 aliphatic carbocycles. The van der Waals surface area contributed by atoms with Crippen molar-refractivity contribution < 1.29 is 0 Å². The van der Waals surface area contributed by atoms with Crippen molar-refractivity contribution in [3.63, 3.8) is 0 Å². The van der Waals surface area contributed by atoms with Gasteiger partial charge in [-0.25, -0.2) is 0 Å². The van der Waals surface area contributed by atoms with Crippen molar-refractivity contribution in [2.24, 2.45) is 0 Å². The van der Waals surface area contributed by atoms with Crippen molar-refractivity contribution in [2.75, 3.05) is 0 Å². The molecule has 9 heavy (non-hydrogen) atoms. The fourth-order valence-corrected chi connectivity index (χ4v) is 1.15.